The third-order valence-electron chi connectivity index (χ3n) is 5.71. The van der Waals surface area contributed by atoms with Crippen molar-refractivity contribution in [3.05, 3.63) is 106 Å². The maximum Gasteiger partial charge on any atom is 0.256 e. The molecular formula is C23H15ClF2N2O2. The number of hydrogen-bond donors (Lipinski definition) is 0. The van der Waals surface area contributed by atoms with Crippen LogP contribution in [0.15, 0.2) is 66.7 Å². The molecule has 0 radical (unpaired) electrons. The third kappa shape index (κ3) is 2.50. The van der Waals surface area contributed by atoms with E-state index in [2.05, 4.69) is 0 Å². The summed E-state index contributed by atoms with van der Waals surface area (Å²) in [5, 5.41) is 0.516. The Morgan fingerprint density at radius 1 is 0.933 bits per heavy atom. The first kappa shape index (κ1) is 18.8. The van der Waals surface area contributed by atoms with Crippen LogP contribution < -0.4 is 0 Å². The number of rotatable bonds is 2. The van der Waals surface area contributed by atoms with Crippen LogP contribution in [0.4, 0.5) is 8.78 Å². The minimum absolute atomic E-state index is 0.112. The van der Waals surface area contributed by atoms with E-state index < -0.39 is 23.2 Å². The molecule has 0 bridgehead atoms. The summed E-state index contributed by atoms with van der Waals surface area (Å²) < 4.78 is 27.6. The zero-order chi connectivity index (χ0) is 21.0. The van der Waals surface area contributed by atoms with Gasteiger partial charge in [0.1, 0.15) is 11.6 Å². The quantitative estimate of drug-likeness (QED) is 0.610. The largest absolute Gasteiger partial charge is 0.306 e. The van der Waals surface area contributed by atoms with E-state index in [0.717, 1.165) is 18.2 Å². The Kier molecular flexibility index (Phi) is 4.15. The smallest absolute Gasteiger partial charge is 0.256 e. The van der Waals surface area contributed by atoms with Gasteiger partial charge in [0.15, 0.2) is 5.66 Å². The van der Waals surface area contributed by atoms with Crippen molar-refractivity contribution in [2.45, 2.75) is 5.66 Å². The lowest BCUT2D eigenvalue weighted by molar-refractivity contribution is 0.0374. The molecule has 2 aliphatic rings. The Bertz CT molecular complexity index is 1180. The first-order chi connectivity index (χ1) is 14.4. The van der Waals surface area contributed by atoms with Crippen molar-refractivity contribution in [3.8, 4) is 0 Å². The van der Waals surface area contributed by atoms with Gasteiger partial charge in [-0.2, -0.15) is 0 Å². The number of nitrogens with zero attached hydrogens (tertiary/aromatic N) is 2. The highest BCUT2D eigenvalue weighted by atomic mass is 35.5. The summed E-state index contributed by atoms with van der Waals surface area (Å²) in [5.74, 6) is -2.42. The zero-order valence-corrected chi connectivity index (χ0v) is 16.4. The van der Waals surface area contributed by atoms with E-state index in [4.69, 9.17) is 11.6 Å². The van der Waals surface area contributed by atoms with Crippen LogP contribution in [0.25, 0.3) is 0 Å². The average Bonchev–Trinajstić information content (AvgIpc) is 3.23. The number of hydrogen-bond acceptors (Lipinski definition) is 2. The molecule has 1 fully saturated rings. The molecule has 0 aliphatic carbocycles. The fraction of sp³-hybridized carbons (Fsp3) is 0.130. The van der Waals surface area contributed by atoms with Crippen molar-refractivity contribution < 1.29 is 18.4 Å². The lowest BCUT2D eigenvalue weighted by Crippen LogP contribution is -2.51. The van der Waals surface area contributed by atoms with E-state index in [-0.39, 0.29) is 18.0 Å². The molecular weight excluding hydrogens is 410 g/mol. The van der Waals surface area contributed by atoms with Crippen LogP contribution in [-0.2, 0) is 5.66 Å². The number of fused-ring (bicyclic) bond motifs is 3. The number of carbonyl (C=O) groups excluding carboxylic acids is 2. The van der Waals surface area contributed by atoms with Gasteiger partial charge in [-0.25, -0.2) is 8.78 Å². The molecule has 2 aliphatic heterocycles. The SMILES string of the molecule is O=C(c1cc(F)cc(F)c1)N1CCN2C(=O)c3ccccc3C12c1ccc(Cl)cc1. The second-order valence-corrected chi connectivity index (χ2v) is 7.73. The van der Waals surface area contributed by atoms with Crippen LogP contribution in [0.2, 0.25) is 5.02 Å². The Morgan fingerprint density at radius 2 is 1.60 bits per heavy atom. The van der Waals surface area contributed by atoms with Gasteiger partial charge in [-0.3, -0.25) is 9.59 Å². The molecule has 150 valence electrons. The van der Waals surface area contributed by atoms with E-state index in [1.54, 1.807) is 53.4 Å². The first-order valence-corrected chi connectivity index (χ1v) is 9.76. The molecule has 4 nitrogen and oxygen atoms in total. The van der Waals surface area contributed by atoms with Crippen LogP contribution in [0.5, 0.6) is 0 Å². The molecule has 1 unspecified atom stereocenters. The average molecular weight is 425 g/mol. The Labute approximate surface area is 176 Å². The molecule has 5 rings (SSSR count). The highest BCUT2D eigenvalue weighted by Gasteiger charge is 2.59. The minimum atomic E-state index is -1.21. The number of benzene rings is 3. The van der Waals surface area contributed by atoms with Crippen LogP contribution in [0.1, 0.15) is 31.8 Å². The normalized spacial score (nSPS) is 19.8. The lowest BCUT2D eigenvalue weighted by Gasteiger charge is -2.40. The van der Waals surface area contributed by atoms with Crippen LogP contribution in [0.3, 0.4) is 0 Å². The van der Waals surface area contributed by atoms with Gasteiger partial charge in [0.25, 0.3) is 11.8 Å². The molecule has 0 N–H and O–H groups in total. The molecule has 0 aromatic heterocycles. The van der Waals surface area contributed by atoms with Crippen LogP contribution in [-0.4, -0.2) is 34.7 Å². The first-order valence-electron chi connectivity index (χ1n) is 9.38. The lowest BCUT2D eigenvalue weighted by atomic mass is 9.89. The van der Waals surface area contributed by atoms with Gasteiger partial charge < -0.3 is 9.80 Å². The summed E-state index contributed by atoms with van der Waals surface area (Å²) in [6.45, 7) is 0.513. The fourth-order valence-electron chi connectivity index (χ4n) is 4.56. The Hall–Kier alpha value is -3.25. The van der Waals surface area contributed by atoms with E-state index in [9.17, 15) is 18.4 Å². The van der Waals surface area contributed by atoms with Crippen molar-refractivity contribution in [1.29, 1.82) is 0 Å². The maximum absolute atomic E-state index is 13.8. The van der Waals surface area contributed by atoms with E-state index in [1.807, 2.05) is 0 Å². The molecule has 7 heteroatoms. The molecule has 30 heavy (non-hydrogen) atoms. The third-order valence-corrected chi connectivity index (χ3v) is 5.96. The monoisotopic (exact) mass is 424 g/mol. The number of amides is 2. The van der Waals surface area contributed by atoms with Gasteiger partial charge in [-0.05, 0) is 30.3 Å². The fourth-order valence-corrected chi connectivity index (χ4v) is 4.68. The van der Waals surface area contributed by atoms with Gasteiger partial charge >= 0.3 is 0 Å². The van der Waals surface area contributed by atoms with Crippen molar-refractivity contribution in [2.24, 2.45) is 0 Å². The zero-order valence-electron chi connectivity index (χ0n) is 15.6. The number of halogens is 3. The van der Waals surface area contributed by atoms with Crippen molar-refractivity contribution in [3.63, 3.8) is 0 Å². The standard InChI is InChI=1S/C23H15ClF2N2O2/c24-16-7-5-15(6-8-16)23-20-4-2-1-3-19(20)22(30)28(23)10-9-27(23)21(29)14-11-17(25)13-18(26)12-14/h1-8,11-13H,9-10H2. The second kappa shape index (κ2) is 6.64. The molecule has 1 saturated heterocycles. The van der Waals surface area contributed by atoms with Gasteiger partial charge in [-0.15, -0.1) is 0 Å². The highest BCUT2D eigenvalue weighted by Crippen LogP contribution is 2.50. The molecule has 0 saturated carbocycles. The van der Waals surface area contributed by atoms with Gasteiger partial charge in [0.2, 0.25) is 0 Å². The van der Waals surface area contributed by atoms with Gasteiger partial charge in [0.05, 0.1) is 0 Å². The minimum Gasteiger partial charge on any atom is -0.306 e. The molecule has 3 aromatic rings. The van der Waals surface area contributed by atoms with E-state index in [0.29, 0.717) is 28.3 Å². The Balaban J connectivity index is 1.75. The molecule has 2 amide bonds. The summed E-state index contributed by atoms with van der Waals surface area (Å²) in [6.07, 6.45) is 0. The predicted molar refractivity (Wildman–Crippen MR) is 107 cm³/mol. The highest BCUT2D eigenvalue weighted by molar-refractivity contribution is 6.30. The topological polar surface area (TPSA) is 40.6 Å². The summed E-state index contributed by atoms with van der Waals surface area (Å²) in [4.78, 5) is 29.8. The van der Waals surface area contributed by atoms with Crippen LogP contribution >= 0.6 is 11.6 Å². The van der Waals surface area contributed by atoms with Gasteiger partial charge in [-0.1, -0.05) is 41.9 Å². The predicted octanol–water partition coefficient (Wildman–Crippen LogP) is 4.43. The van der Waals surface area contributed by atoms with Gasteiger partial charge in [0, 0.05) is 46.4 Å². The summed E-state index contributed by atoms with van der Waals surface area (Å²) in [6, 6.07) is 16.7. The molecule has 3 aromatic carbocycles. The number of carbonyl (C=O) groups is 2. The summed E-state index contributed by atoms with van der Waals surface area (Å²) in [7, 11) is 0. The second-order valence-electron chi connectivity index (χ2n) is 7.30. The maximum atomic E-state index is 13.8. The van der Waals surface area contributed by atoms with Crippen LogP contribution in [0, 0.1) is 11.6 Å². The van der Waals surface area contributed by atoms with E-state index >= 15 is 0 Å². The Morgan fingerprint density at radius 3 is 2.30 bits per heavy atom. The summed E-state index contributed by atoms with van der Waals surface area (Å²) in [5.41, 5.74) is 0.501. The van der Waals surface area contributed by atoms with Crippen molar-refractivity contribution in [1.82, 2.24) is 9.80 Å². The van der Waals surface area contributed by atoms with Crippen molar-refractivity contribution in [2.75, 3.05) is 13.1 Å². The molecule has 0 spiro atoms. The molecule has 2 heterocycles. The van der Waals surface area contributed by atoms with E-state index in [1.165, 1.54) is 4.90 Å². The molecule has 1 atom stereocenters. The summed E-state index contributed by atoms with van der Waals surface area (Å²) >= 11 is 6.07. The van der Waals surface area contributed by atoms with Crippen molar-refractivity contribution >= 4 is 23.4 Å².